The summed E-state index contributed by atoms with van der Waals surface area (Å²) < 4.78 is 2.73. The van der Waals surface area contributed by atoms with Gasteiger partial charge in [-0.3, -0.25) is 0 Å². The molecule has 0 amide bonds. The number of rotatable bonds is 2. The van der Waals surface area contributed by atoms with Crippen molar-refractivity contribution in [3.63, 3.8) is 0 Å². The second-order valence-electron chi connectivity index (χ2n) is 3.49. The molecule has 0 aliphatic rings. The molecule has 1 aromatic carbocycles. The number of thiocarbonyl (C=S) groups is 1. The van der Waals surface area contributed by atoms with Gasteiger partial charge in [-0.15, -0.1) is 0 Å². The molecule has 2 rings (SSSR count). The number of aromatic nitrogens is 2. The van der Waals surface area contributed by atoms with Gasteiger partial charge in [-0.2, -0.15) is 5.10 Å². The number of aryl methyl sites for hydroxylation is 1. The van der Waals surface area contributed by atoms with E-state index >= 15 is 0 Å². The summed E-state index contributed by atoms with van der Waals surface area (Å²) >= 11 is 8.41. The zero-order chi connectivity index (χ0) is 11.7. The van der Waals surface area contributed by atoms with Crippen LogP contribution in [-0.2, 0) is 0 Å². The summed E-state index contributed by atoms with van der Waals surface area (Å²) in [5.41, 5.74) is 8.49. The van der Waals surface area contributed by atoms with Crippen LogP contribution in [0.5, 0.6) is 0 Å². The number of hydrogen-bond acceptors (Lipinski definition) is 2. The van der Waals surface area contributed by atoms with Gasteiger partial charge in [0.15, 0.2) is 0 Å². The predicted octanol–water partition coefficient (Wildman–Crippen LogP) is 2.58. The zero-order valence-electron chi connectivity index (χ0n) is 8.64. The van der Waals surface area contributed by atoms with E-state index in [1.54, 1.807) is 0 Å². The fraction of sp³-hybridized carbons (Fsp3) is 0.0909. The fourth-order valence-corrected chi connectivity index (χ4v) is 2.08. The van der Waals surface area contributed by atoms with E-state index in [-0.39, 0.29) is 0 Å². The first-order valence-electron chi connectivity index (χ1n) is 4.69. The lowest BCUT2D eigenvalue weighted by Gasteiger charge is -2.06. The molecule has 1 aromatic heterocycles. The van der Waals surface area contributed by atoms with Crippen molar-refractivity contribution in [2.75, 3.05) is 0 Å². The van der Waals surface area contributed by atoms with Crippen molar-refractivity contribution in [2.45, 2.75) is 6.92 Å². The molecule has 3 nitrogen and oxygen atoms in total. The van der Waals surface area contributed by atoms with E-state index in [1.807, 2.05) is 42.2 Å². The van der Waals surface area contributed by atoms with E-state index in [2.05, 4.69) is 21.0 Å². The van der Waals surface area contributed by atoms with Crippen LogP contribution < -0.4 is 5.73 Å². The van der Waals surface area contributed by atoms with Crippen LogP contribution in [0, 0.1) is 6.92 Å². The fourth-order valence-electron chi connectivity index (χ4n) is 1.39. The average Bonchev–Trinajstić information content (AvgIpc) is 2.64. The van der Waals surface area contributed by atoms with Crippen LogP contribution in [-0.4, -0.2) is 14.8 Å². The number of hydrogen-bond donors (Lipinski definition) is 1. The third-order valence-electron chi connectivity index (χ3n) is 2.19. The van der Waals surface area contributed by atoms with Gasteiger partial charge in [-0.05, 0) is 46.6 Å². The molecule has 1 heterocycles. The second-order valence-corrected chi connectivity index (χ2v) is 4.79. The third kappa shape index (κ3) is 2.15. The lowest BCUT2D eigenvalue weighted by Crippen LogP contribution is -2.09. The Morgan fingerprint density at radius 3 is 2.75 bits per heavy atom. The summed E-state index contributed by atoms with van der Waals surface area (Å²) in [6.45, 7) is 2.00. The molecule has 0 saturated carbocycles. The van der Waals surface area contributed by atoms with Gasteiger partial charge in [0.05, 0.1) is 11.9 Å². The van der Waals surface area contributed by atoms with Crippen molar-refractivity contribution in [1.29, 1.82) is 0 Å². The minimum Gasteiger partial charge on any atom is -0.389 e. The minimum atomic E-state index is 0.392. The topological polar surface area (TPSA) is 43.8 Å². The quantitative estimate of drug-likeness (QED) is 0.866. The average molecular weight is 296 g/mol. The van der Waals surface area contributed by atoms with E-state index in [4.69, 9.17) is 18.0 Å². The molecule has 2 N–H and O–H groups in total. The predicted molar refractivity (Wildman–Crippen MR) is 71.9 cm³/mol. The first-order chi connectivity index (χ1) is 7.58. The molecule has 0 atom stereocenters. The van der Waals surface area contributed by atoms with Gasteiger partial charge < -0.3 is 5.73 Å². The van der Waals surface area contributed by atoms with E-state index in [0.717, 1.165) is 21.3 Å². The molecular weight excluding hydrogens is 286 g/mol. The Hall–Kier alpha value is -1.20. The Labute approximate surface area is 107 Å². The highest BCUT2D eigenvalue weighted by Gasteiger charge is 2.05. The van der Waals surface area contributed by atoms with Gasteiger partial charge in [-0.1, -0.05) is 12.2 Å². The molecular formula is C11H10BrN3S. The summed E-state index contributed by atoms with van der Waals surface area (Å²) in [6.07, 6.45) is 3.77. The van der Waals surface area contributed by atoms with Crippen molar-refractivity contribution in [3.05, 3.63) is 46.2 Å². The van der Waals surface area contributed by atoms with Crippen LogP contribution in [0.1, 0.15) is 11.1 Å². The van der Waals surface area contributed by atoms with Gasteiger partial charge in [0.25, 0.3) is 0 Å². The molecule has 0 spiro atoms. The van der Waals surface area contributed by atoms with E-state index in [9.17, 15) is 0 Å². The zero-order valence-corrected chi connectivity index (χ0v) is 11.0. The molecule has 0 fully saturated rings. The Morgan fingerprint density at radius 1 is 1.50 bits per heavy atom. The number of halogens is 1. The highest BCUT2D eigenvalue weighted by Crippen LogP contribution is 2.22. The van der Waals surface area contributed by atoms with Crippen molar-refractivity contribution < 1.29 is 0 Å². The Morgan fingerprint density at radius 2 is 2.25 bits per heavy atom. The maximum Gasteiger partial charge on any atom is 0.104 e. The standard InChI is InChI=1S/C11H10BrN3S/c1-7-5-14-15(6-7)10-3-2-8(11(13)16)4-9(10)12/h2-6H,1H3,(H2,13,16). The van der Waals surface area contributed by atoms with Crippen LogP contribution in [0.2, 0.25) is 0 Å². The normalized spacial score (nSPS) is 10.4. The van der Waals surface area contributed by atoms with E-state index < -0.39 is 0 Å². The summed E-state index contributed by atoms with van der Waals surface area (Å²) in [5, 5.41) is 4.24. The molecule has 0 unspecified atom stereocenters. The molecule has 0 aliphatic carbocycles. The summed E-state index contributed by atoms with van der Waals surface area (Å²) in [4.78, 5) is 0.392. The van der Waals surface area contributed by atoms with Crippen LogP contribution in [0.25, 0.3) is 5.69 Å². The SMILES string of the molecule is Cc1cnn(-c2ccc(C(N)=S)cc2Br)c1. The molecule has 0 radical (unpaired) electrons. The lowest BCUT2D eigenvalue weighted by molar-refractivity contribution is 0.876. The number of benzene rings is 1. The smallest absolute Gasteiger partial charge is 0.104 e. The molecule has 5 heteroatoms. The molecule has 2 aromatic rings. The van der Waals surface area contributed by atoms with Crippen molar-refractivity contribution in [2.24, 2.45) is 5.73 Å². The summed E-state index contributed by atoms with van der Waals surface area (Å²) in [5.74, 6) is 0. The maximum atomic E-state index is 5.56. The first kappa shape index (κ1) is 11.3. The molecule has 0 saturated heterocycles. The summed E-state index contributed by atoms with van der Waals surface area (Å²) in [7, 11) is 0. The third-order valence-corrected chi connectivity index (χ3v) is 3.06. The first-order valence-corrected chi connectivity index (χ1v) is 5.89. The number of nitrogens with zero attached hydrogens (tertiary/aromatic N) is 2. The van der Waals surface area contributed by atoms with Crippen LogP contribution in [0.3, 0.4) is 0 Å². The second kappa shape index (κ2) is 4.35. The van der Waals surface area contributed by atoms with Crippen molar-refractivity contribution >= 4 is 33.1 Å². The highest BCUT2D eigenvalue weighted by molar-refractivity contribution is 9.10. The van der Waals surface area contributed by atoms with Crippen molar-refractivity contribution in [1.82, 2.24) is 9.78 Å². The maximum absolute atomic E-state index is 5.56. The van der Waals surface area contributed by atoms with Crippen molar-refractivity contribution in [3.8, 4) is 5.69 Å². The van der Waals surface area contributed by atoms with Gasteiger partial charge in [0.2, 0.25) is 0 Å². The Kier molecular flexibility index (Phi) is 3.07. The Bertz CT molecular complexity index is 548. The molecule has 82 valence electrons. The largest absolute Gasteiger partial charge is 0.389 e. The van der Waals surface area contributed by atoms with Crippen LogP contribution in [0.15, 0.2) is 35.1 Å². The molecule has 16 heavy (non-hydrogen) atoms. The van der Waals surface area contributed by atoms with E-state index in [0.29, 0.717) is 4.99 Å². The highest BCUT2D eigenvalue weighted by atomic mass is 79.9. The summed E-state index contributed by atoms with van der Waals surface area (Å²) in [6, 6.07) is 5.72. The molecule has 0 bridgehead atoms. The minimum absolute atomic E-state index is 0.392. The Balaban J connectivity index is 2.47. The lowest BCUT2D eigenvalue weighted by atomic mass is 10.2. The van der Waals surface area contributed by atoms with E-state index in [1.165, 1.54) is 0 Å². The van der Waals surface area contributed by atoms with Gasteiger partial charge in [0, 0.05) is 16.2 Å². The monoisotopic (exact) mass is 295 g/mol. The van der Waals surface area contributed by atoms with Gasteiger partial charge >= 0.3 is 0 Å². The van der Waals surface area contributed by atoms with Gasteiger partial charge in [-0.25, -0.2) is 4.68 Å². The van der Waals surface area contributed by atoms with Crippen LogP contribution >= 0.6 is 28.1 Å². The number of nitrogens with two attached hydrogens (primary N) is 1. The van der Waals surface area contributed by atoms with Crippen LogP contribution in [0.4, 0.5) is 0 Å². The van der Waals surface area contributed by atoms with Gasteiger partial charge in [0.1, 0.15) is 4.99 Å². The molecule has 0 aliphatic heterocycles.